The first-order valence-electron chi connectivity index (χ1n) is 9.22. The van der Waals surface area contributed by atoms with Gasteiger partial charge in [-0.25, -0.2) is 9.67 Å². The first kappa shape index (κ1) is 16.8. The van der Waals surface area contributed by atoms with Gasteiger partial charge >= 0.3 is 0 Å². The number of hydrogen-bond donors (Lipinski definition) is 0. The Balaban J connectivity index is 1.91. The number of amides is 1. The molecule has 0 unspecified atom stereocenters. The van der Waals surface area contributed by atoms with Crippen LogP contribution in [0.4, 0.5) is 0 Å². The Morgan fingerprint density at radius 3 is 2.65 bits per heavy atom. The number of hydrogen-bond acceptors (Lipinski definition) is 4. The zero-order valence-electron chi connectivity index (χ0n) is 15.6. The van der Waals surface area contributed by atoms with Crippen molar-refractivity contribution in [1.82, 2.24) is 19.7 Å². The quantitative estimate of drug-likeness (QED) is 0.687. The van der Waals surface area contributed by atoms with Gasteiger partial charge in [0.05, 0.1) is 23.4 Å². The van der Waals surface area contributed by atoms with Gasteiger partial charge < -0.3 is 9.32 Å². The van der Waals surface area contributed by atoms with E-state index in [1.807, 2.05) is 27.8 Å². The summed E-state index contributed by atoms with van der Waals surface area (Å²) in [6, 6.07) is 6.18. The van der Waals surface area contributed by atoms with E-state index in [1.54, 1.807) is 12.5 Å². The molecule has 1 aliphatic rings. The molecule has 0 aliphatic heterocycles. The van der Waals surface area contributed by atoms with Gasteiger partial charge in [0.15, 0.2) is 11.4 Å². The maximum absolute atomic E-state index is 13.4. The van der Waals surface area contributed by atoms with Gasteiger partial charge in [-0.15, -0.1) is 0 Å². The van der Waals surface area contributed by atoms with E-state index in [-0.39, 0.29) is 18.0 Å². The maximum Gasteiger partial charge on any atom is 0.255 e. The smallest absolute Gasteiger partial charge is 0.255 e. The van der Waals surface area contributed by atoms with Crippen molar-refractivity contribution in [3.8, 4) is 11.5 Å². The van der Waals surface area contributed by atoms with Crippen molar-refractivity contribution >= 4 is 16.9 Å². The van der Waals surface area contributed by atoms with Crippen LogP contribution in [0.3, 0.4) is 0 Å². The predicted octanol–water partition coefficient (Wildman–Crippen LogP) is 4.29. The van der Waals surface area contributed by atoms with Crippen molar-refractivity contribution in [2.45, 2.75) is 58.7 Å². The zero-order chi connectivity index (χ0) is 18.4. The zero-order valence-corrected chi connectivity index (χ0v) is 15.6. The first-order valence-corrected chi connectivity index (χ1v) is 9.22. The summed E-state index contributed by atoms with van der Waals surface area (Å²) in [7, 11) is 0. The lowest BCUT2D eigenvalue weighted by Crippen LogP contribution is -2.38. The van der Waals surface area contributed by atoms with Crippen molar-refractivity contribution in [2.24, 2.45) is 0 Å². The van der Waals surface area contributed by atoms with Crippen LogP contribution in [0.5, 0.6) is 0 Å². The molecule has 0 saturated heterocycles. The van der Waals surface area contributed by atoms with Crippen LogP contribution in [0.1, 0.15) is 56.9 Å². The van der Waals surface area contributed by atoms with Gasteiger partial charge in [-0.2, -0.15) is 5.10 Å². The largest absolute Gasteiger partial charge is 0.463 e. The molecule has 0 N–H and O–H groups in total. The topological polar surface area (TPSA) is 64.2 Å². The molecule has 6 nitrogen and oxygen atoms in total. The molecule has 3 heterocycles. The molecule has 4 rings (SSSR count). The van der Waals surface area contributed by atoms with Crippen LogP contribution in [0.25, 0.3) is 22.5 Å². The summed E-state index contributed by atoms with van der Waals surface area (Å²) in [5.74, 6) is 0.700. The van der Waals surface area contributed by atoms with Gasteiger partial charge in [-0.05, 0) is 58.7 Å². The summed E-state index contributed by atoms with van der Waals surface area (Å²) in [6.45, 7) is 8.25. The summed E-state index contributed by atoms with van der Waals surface area (Å²) < 4.78 is 7.39. The lowest BCUT2D eigenvalue weighted by atomic mass is 10.1. The van der Waals surface area contributed by atoms with Crippen molar-refractivity contribution in [2.75, 3.05) is 0 Å². The summed E-state index contributed by atoms with van der Waals surface area (Å²) in [5, 5.41) is 5.27. The molecule has 1 amide bonds. The van der Waals surface area contributed by atoms with Gasteiger partial charge in [0.1, 0.15) is 5.69 Å². The second kappa shape index (κ2) is 6.27. The molecule has 0 aromatic carbocycles. The Morgan fingerprint density at radius 1 is 1.31 bits per heavy atom. The minimum absolute atomic E-state index is 0.0472. The lowest BCUT2D eigenvalue weighted by molar-refractivity contribution is 0.0692. The average molecular weight is 352 g/mol. The fourth-order valence-corrected chi connectivity index (χ4v) is 3.44. The van der Waals surface area contributed by atoms with Gasteiger partial charge in [0.25, 0.3) is 5.91 Å². The van der Waals surface area contributed by atoms with Crippen LogP contribution in [-0.4, -0.2) is 37.7 Å². The SMILES string of the molecule is CC(C)N(C(=O)c1cc(-c2ccco2)nc2c1cnn2C(C)C)C1CC1. The average Bonchev–Trinajstić information content (AvgIpc) is 3.12. The number of furan rings is 1. The second-order valence-corrected chi connectivity index (χ2v) is 7.49. The van der Waals surface area contributed by atoms with E-state index >= 15 is 0 Å². The van der Waals surface area contributed by atoms with Crippen LogP contribution in [0.15, 0.2) is 35.1 Å². The highest BCUT2D eigenvalue weighted by atomic mass is 16.3. The van der Waals surface area contributed by atoms with E-state index in [2.05, 4.69) is 32.8 Å². The summed E-state index contributed by atoms with van der Waals surface area (Å²) in [4.78, 5) is 20.1. The molecule has 0 bridgehead atoms. The van der Waals surface area contributed by atoms with Crippen LogP contribution < -0.4 is 0 Å². The van der Waals surface area contributed by atoms with E-state index in [9.17, 15) is 4.79 Å². The Morgan fingerprint density at radius 2 is 2.08 bits per heavy atom. The van der Waals surface area contributed by atoms with E-state index < -0.39 is 0 Å². The molecule has 6 heteroatoms. The lowest BCUT2D eigenvalue weighted by Gasteiger charge is -2.27. The molecule has 3 aromatic rings. The van der Waals surface area contributed by atoms with E-state index in [0.29, 0.717) is 23.1 Å². The number of fused-ring (bicyclic) bond motifs is 1. The first-order chi connectivity index (χ1) is 12.5. The van der Waals surface area contributed by atoms with Crippen molar-refractivity contribution < 1.29 is 9.21 Å². The fourth-order valence-electron chi connectivity index (χ4n) is 3.44. The molecule has 1 aliphatic carbocycles. The van der Waals surface area contributed by atoms with Crippen LogP contribution in [-0.2, 0) is 0 Å². The number of rotatable bonds is 5. The Hall–Kier alpha value is -2.63. The maximum atomic E-state index is 13.4. The second-order valence-electron chi connectivity index (χ2n) is 7.49. The third-order valence-corrected chi connectivity index (χ3v) is 4.79. The van der Waals surface area contributed by atoms with Crippen molar-refractivity contribution in [1.29, 1.82) is 0 Å². The van der Waals surface area contributed by atoms with Gasteiger partial charge in [0.2, 0.25) is 0 Å². The number of carbonyl (C=O) groups is 1. The highest BCUT2D eigenvalue weighted by Crippen LogP contribution is 2.33. The molecule has 0 atom stereocenters. The molecular weight excluding hydrogens is 328 g/mol. The summed E-state index contributed by atoms with van der Waals surface area (Å²) in [5.41, 5.74) is 2.03. The minimum atomic E-state index is 0.0472. The predicted molar refractivity (Wildman–Crippen MR) is 99.9 cm³/mol. The number of carbonyl (C=O) groups excluding carboxylic acids is 1. The van der Waals surface area contributed by atoms with Crippen molar-refractivity contribution in [3.05, 3.63) is 36.2 Å². The number of aromatic nitrogens is 3. The molecule has 1 saturated carbocycles. The fraction of sp³-hybridized carbons (Fsp3) is 0.450. The summed E-state index contributed by atoms with van der Waals surface area (Å²) in [6.07, 6.45) is 5.53. The minimum Gasteiger partial charge on any atom is -0.463 e. The van der Waals surface area contributed by atoms with Gasteiger partial charge in [0, 0.05) is 18.1 Å². The van der Waals surface area contributed by atoms with E-state index in [1.165, 1.54) is 0 Å². The number of pyridine rings is 1. The molecule has 0 radical (unpaired) electrons. The Bertz CT molecular complexity index is 934. The highest BCUT2D eigenvalue weighted by Gasteiger charge is 2.36. The normalized spacial score (nSPS) is 14.5. The summed E-state index contributed by atoms with van der Waals surface area (Å²) >= 11 is 0. The third kappa shape index (κ3) is 2.79. The molecule has 136 valence electrons. The molecular formula is C20H24N4O2. The van der Waals surface area contributed by atoms with E-state index in [0.717, 1.165) is 23.9 Å². The van der Waals surface area contributed by atoms with E-state index in [4.69, 9.17) is 9.40 Å². The van der Waals surface area contributed by atoms with Gasteiger partial charge in [-0.3, -0.25) is 4.79 Å². The standard InChI is InChI=1S/C20H24N4O2/c1-12(2)23(14-7-8-14)20(25)15-10-17(18-6-5-9-26-18)22-19-16(15)11-21-24(19)13(3)4/h5-6,9-14H,7-8H2,1-4H3. The monoisotopic (exact) mass is 352 g/mol. The molecule has 26 heavy (non-hydrogen) atoms. The van der Waals surface area contributed by atoms with Crippen molar-refractivity contribution in [3.63, 3.8) is 0 Å². The molecule has 0 spiro atoms. The van der Waals surface area contributed by atoms with Crippen LogP contribution >= 0.6 is 0 Å². The Labute approximate surface area is 152 Å². The third-order valence-electron chi connectivity index (χ3n) is 4.79. The van der Waals surface area contributed by atoms with Crippen LogP contribution in [0.2, 0.25) is 0 Å². The molecule has 1 fully saturated rings. The number of nitrogens with zero attached hydrogens (tertiary/aromatic N) is 4. The van der Waals surface area contributed by atoms with Gasteiger partial charge in [-0.1, -0.05) is 0 Å². The highest BCUT2D eigenvalue weighted by molar-refractivity contribution is 6.06. The van der Waals surface area contributed by atoms with Crippen LogP contribution in [0, 0.1) is 0 Å². The molecule has 3 aromatic heterocycles. The Kier molecular flexibility index (Phi) is 4.05.